The van der Waals surface area contributed by atoms with E-state index in [0.717, 1.165) is 88.1 Å². The van der Waals surface area contributed by atoms with Gasteiger partial charge in [-0.15, -0.1) is 16.4 Å². The van der Waals surface area contributed by atoms with Crippen LogP contribution in [0.2, 0.25) is 0 Å². The van der Waals surface area contributed by atoms with Gasteiger partial charge in [-0.3, -0.25) is 0 Å². The lowest BCUT2D eigenvalue weighted by Crippen LogP contribution is -2.55. The number of hydrogen-bond donors (Lipinski definition) is 0. The Kier molecular flexibility index (Phi) is 8.07. The summed E-state index contributed by atoms with van der Waals surface area (Å²) in [5.74, 6) is 1.02. The minimum Gasteiger partial charge on any atom is -0.456 e. The van der Waals surface area contributed by atoms with Gasteiger partial charge in [0.15, 0.2) is 17.5 Å². The molecule has 0 saturated heterocycles. The molecule has 6 nitrogen and oxygen atoms in total. The van der Waals surface area contributed by atoms with Gasteiger partial charge in [-0.1, -0.05) is 108 Å². The van der Waals surface area contributed by atoms with Crippen molar-refractivity contribution in [2.75, 3.05) is 0 Å². The topological polar surface area (TPSA) is 61.7 Å². The van der Waals surface area contributed by atoms with E-state index in [1.807, 2.05) is 72.8 Å². The Balaban J connectivity index is 1.12. The van der Waals surface area contributed by atoms with Crippen molar-refractivity contribution in [3.8, 4) is 45.5 Å². The minimum absolute atomic E-state index is 0.108. The van der Waals surface area contributed by atoms with Gasteiger partial charge in [0.2, 0.25) is 0 Å². The maximum atomic E-state index is 6.70. The highest BCUT2D eigenvalue weighted by Crippen LogP contribution is 2.42. The predicted molar refractivity (Wildman–Crippen MR) is 259 cm³/mol. The van der Waals surface area contributed by atoms with Gasteiger partial charge < -0.3 is 13.6 Å². The maximum absolute atomic E-state index is 6.70. The van der Waals surface area contributed by atoms with Crippen LogP contribution in [0.25, 0.3) is 111 Å². The Morgan fingerprint density at radius 2 is 0.919 bits per heavy atom. The van der Waals surface area contributed by atoms with Crippen LogP contribution >= 0.6 is 0 Å². The quantitative estimate of drug-likeness (QED) is 0.178. The van der Waals surface area contributed by atoms with E-state index in [9.17, 15) is 0 Å². The molecular weight excluding hydrogens is 753 g/mol. The van der Waals surface area contributed by atoms with Crippen LogP contribution in [-0.2, 0) is 0 Å². The first-order chi connectivity index (χ1) is 30.4. The summed E-state index contributed by atoms with van der Waals surface area (Å²) in [6, 6.07) is 53.8. The van der Waals surface area contributed by atoms with Crippen molar-refractivity contribution in [1.82, 2.24) is 24.1 Å². The Morgan fingerprint density at radius 3 is 1.68 bits per heavy atom. The SMILES string of the molecule is [B]c1c([B])c([B])c(-c2nc(-c3cccc(-n4c5ccccc5c5c6c(ccc54)oc4ccccc46)c3)nc(-c3cccc4c3c3ccccc3n4-c3ccccc3)n2)c([B])c1[B]. The van der Waals surface area contributed by atoms with E-state index >= 15 is 0 Å². The largest absolute Gasteiger partial charge is 0.456 e. The lowest BCUT2D eigenvalue weighted by atomic mass is 9.60. The fourth-order valence-corrected chi connectivity index (χ4v) is 9.23. The average Bonchev–Trinajstić information content (AvgIpc) is 3.98. The normalized spacial score (nSPS) is 11.9. The first kappa shape index (κ1) is 36.4. The van der Waals surface area contributed by atoms with E-state index in [4.69, 9.17) is 58.6 Å². The van der Waals surface area contributed by atoms with Crippen molar-refractivity contribution in [3.05, 3.63) is 158 Å². The molecule has 10 radical (unpaired) electrons. The molecule has 0 aliphatic rings. The second-order valence-electron chi connectivity index (χ2n) is 15.5. The summed E-state index contributed by atoms with van der Waals surface area (Å²) in [6.07, 6.45) is 0. The van der Waals surface area contributed by atoms with Gasteiger partial charge in [-0.05, 0) is 60.7 Å². The number of nitrogens with zero attached hydrogens (tertiary/aromatic N) is 5. The predicted octanol–water partition coefficient (Wildman–Crippen LogP) is 6.94. The number of hydrogen-bond acceptors (Lipinski definition) is 4. The van der Waals surface area contributed by atoms with E-state index in [-0.39, 0.29) is 38.7 Å². The van der Waals surface area contributed by atoms with Gasteiger partial charge in [0.05, 0.1) is 22.1 Å². The van der Waals surface area contributed by atoms with Crippen LogP contribution in [0.15, 0.2) is 162 Å². The van der Waals surface area contributed by atoms with Crippen molar-refractivity contribution in [2.45, 2.75) is 0 Å². The molecule has 12 rings (SSSR count). The zero-order valence-electron chi connectivity index (χ0n) is 33.0. The zero-order chi connectivity index (χ0) is 41.8. The number of rotatable bonds is 5. The van der Waals surface area contributed by atoms with Crippen LogP contribution in [0.5, 0.6) is 0 Å². The molecule has 0 N–H and O–H groups in total. The molecular formula is C51H26B5N5O. The molecule has 0 aliphatic carbocycles. The lowest BCUT2D eigenvalue weighted by molar-refractivity contribution is 0.669. The summed E-state index contributed by atoms with van der Waals surface area (Å²) in [7, 11) is 32.5. The molecule has 0 bridgehead atoms. The Morgan fingerprint density at radius 1 is 0.371 bits per heavy atom. The fraction of sp³-hybridized carbons (Fsp3) is 0. The van der Waals surface area contributed by atoms with E-state index in [0.29, 0.717) is 11.6 Å². The Bertz CT molecular complexity index is 3810. The second kappa shape index (κ2) is 13.8. The molecule has 4 aromatic heterocycles. The van der Waals surface area contributed by atoms with Crippen LogP contribution in [0.4, 0.5) is 0 Å². The van der Waals surface area contributed by atoms with Gasteiger partial charge in [0.25, 0.3) is 0 Å². The molecule has 0 spiro atoms. The van der Waals surface area contributed by atoms with E-state index in [1.165, 1.54) is 0 Å². The Hall–Kier alpha value is -7.51. The highest BCUT2D eigenvalue weighted by atomic mass is 16.3. The van der Waals surface area contributed by atoms with Crippen molar-refractivity contribution >= 4 is 132 Å². The van der Waals surface area contributed by atoms with Crippen LogP contribution in [0.1, 0.15) is 0 Å². The van der Waals surface area contributed by atoms with E-state index in [2.05, 4.69) is 94.1 Å². The summed E-state index contributed by atoms with van der Waals surface area (Å²) in [4.78, 5) is 15.5. The zero-order valence-corrected chi connectivity index (χ0v) is 33.0. The number of fused-ring (bicyclic) bond motifs is 10. The molecule has 8 aromatic carbocycles. The minimum atomic E-state index is 0.108. The smallest absolute Gasteiger partial charge is 0.164 e. The third kappa shape index (κ3) is 5.27. The third-order valence-corrected chi connectivity index (χ3v) is 12.1. The molecule has 0 unspecified atom stereocenters. The van der Waals surface area contributed by atoms with Crippen molar-refractivity contribution < 1.29 is 4.42 Å². The molecule has 0 fully saturated rings. The molecule has 62 heavy (non-hydrogen) atoms. The highest BCUT2D eigenvalue weighted by molar-refractivity contribution is 6.68. The summed E-state index contributed by atoms with van der Waals surface area (Å²) in [5, 5.41) is 6.39. The third-order valence-electron chi connectivity index (χ3n) is 12.1. The molecule has 0 saturated carbocycles. The van der Waals surface area contributed by atoms with Crippen LogP contribution in [0, 0.1) is 0 Å². The second-order valence-corrected chi connectivity index (χ2v) is 15.5. The van der Waals surface area contributed by atoms with Crippen molar-refractivity contribution in [3.63, 3.8) is 0 Å². The first-order valence-electron chi connectivity index (χ1n) is 20.2. The van der Waals surface area contributed by atoms with Crippen LogP contribution in [0.3, 0.4) is 0 Å². The molecule has 4 heterocycles. The molecule has 0 amide bonds. The van der Waals surface area contributed by atoms with Crippen molar-refractivity contribution in [2.24, 2.45) is 0 Å². The summed E-state index contributed by atoms with van der Waals surface area (Å²) >= 11 is 0. The molecule has 0 aliphatic heterocycles. The van der Waals surface area contributed by atoms with E-state index in [1.54, 1.807) is 0 Å². The molecule has 12 aromatic rings. The summed E-state index contributed by atoms with van der Waals surface area (Å²) < 4.78 is 10.9. The molecule has 11 heteroatoms. The average molecular weight is 779 g/mol. The van der Waals surface area contributed by atoms with Crippen LogP contribution < -0.4 is 27.3 Å². The standard InChI is InChI=1S/C51H26B5N5O/c52-44-43(45(53)47(55)48(56)46(44)54)51-58-49(57-50(59-51)33-19-11-22-36-40(33)30-16-4-7-20-34(30)60(36)28-13-2-1-3-14-28)27-12-10-15-29(26-27)61-35-21-8-5-17-31(35)41-37(61)24-25-39-42(41)32-18-6-9-23-38(32)62-39/h1-26H. The van der Waals surface area contributed by atoms with Gasteiger partial charge >= 0.3 is 0 Å². The van der Waals surface area contributed by atoms with Gasteiger partial charge in [0.1, 0.15) is 50.4 Å². The summed E-state index contributed by atoms with van der Waals surface area (Å²) in [6.45, 7) is 0. The van der Waals surface area contributed by atoms with Gasteiger partial charge in [0, 0.05) is 60.4 Å². The van der Waals surface area contributed by atoms with Gasteiger partial charge in [-0.25, -0.2) is 15.0 Å². The molecule has 276 valence electrons. The highest BCUT2D eigenvalue weighted by Gasteiger charge is 2.23. The summed E-state index contributed by atoms with van der Waals surface area (Å²) in [5.41, 5.74) is 10.2. The van der Waals surface area contributed by atoms with E-state index < -0.39 is 0 Å². The Labute approximate surface area is 362 Å². The lowest BCUT2D eigenvalue weighted by Gasteiger charge is -2.21. The van der Waals surface area contributed by atoms with Crippen LogP contribution in [-0.4, -0.2) is 63.3 Å². The number of para-hydroxylation sites is 4. The first-order valence-corrected chi connectivity index (χ1v) is 20.2. The monoisotopic (exact) mass is 779 g/mol. The number of benzene rings is 8. The maximum Gasteiger partial charge on any atom is 0.164 e. The van der Waals surface area contributed by atoms with Gasteiger partial charge in [-0.2, -0.15) is 0 Å². The molecule has 0 atom stereocenters. The fourth-order valence-electron chi connectivity index (χ4n) is 9.23. The van der Waals surface area contributed by atoms with Crippen molar-refractivity contribution in [1.29, 1.82) is 0 Å². The number of aromatic nitrogens is 5. The number of furan rings is 1.